The highest BCUT2D eigenvalue weighted by molar-refractivity contribution is 14.0. The van der Waals surface area contributed by atoms with E-state index in [4.69, 9.17) is 8.83 Å². The van der Waals surface area contributed by atoms with E-state index < -0.39 is 0 Å². The lowest BCUT2D eigenvalue weighted by Crippen LogP contribution is -2.36. The van der Waals surface area contributed by atoms with Gasteiger partial charge in [-0.1, -0.05) is 12.1 Å². The molecule has 3 aromatic rings. The van der Waals surface area contributed by atoms with Crippen molar-refractivity contribution in [2.45, 2.75) is 20.0 Å². The topological polar surface area (TPSA) is 91.8 Å². The zero-order chi connectivity index (χ0) is 18.9. The molecular formula is C20H23IN4O3. The zero-order valence-corrected chi connectivity index (χ0v) is 17.8. The fourth-order valence-corrected chi connectivity index (χ4v) is 2.44. The van der Waals surface area contributed by atoms with Gasteiger partial charge in [0.05, 0.1) is 25.6 Å². The lowest BCUT2D eigenvalue weighted by atomic mass is 10.2. The van der Waals surface area contributed by atoms with Gasteiger partial charge in [0, 0.05) is 12.2 Å². The number of carbonyl (C=O) groups is 1. The molecule has 0 spiro atoms. The highest BCUT2D eigenvalue weighted by Crippen LogP contribution is 2.13. The lowest BCUT2D eigenvalue weighted by molar-refractivity contribution is 0.0996. The van der Waals surface area contributed by atoms with Crippen LogP contribution in [0.15, 0.2) is 74.9 Å². The Morgan fingerprint density at radius 3 is 2.57 bits per heavy atom. The van der Waals surface area contributed by atoms with E-state index >= 15 is 0 Å². The van der Waals surface area contributed by atoms with E-state index in [0.29, 0.717) is 24.7 Å². The summed E-state index contributed by atoms with van der Waals surface area (Å²) in [5.41, 5.74) is 1.67. The molecule has 0 saturated carbocycles. The predicted molar refractivity (Wildman–Crippen MR) is 119 cm³/mol. The summed E-state index contributed by atoms with van der Waals surface area (Å²) in [6, 6.07) is 14.6. The van der Waals surface area contributed by atoms with Crippen LogP contribution >= 0.6 is 24.0 Å². The van der Waals surface area contributed by atoms with E-state index in [1.165, 1.54) is 6.26 Å². The normalized spacial score (nSPS) is 10.8. The largest absolute Gasteiger partial charge is 0.467 e. The number of benzene rings is 1. The molecule has 3 N–H and O–H groups in total. The van der Waals surface area contributed by atoms with E-state index in [2.05, 4.69) is 20.9 Å². The number of hydrogen-bond donors (Lipinski definition) is 3. The standard InChI is InChI=1S/C20H22N4O3.HI/c1-2-21-20(23-14-17-8-4-10-26-17)22-13-15-6-3-7-16(12-15)24-19(25)18-9-5-11-27-18;/h3-12H,2,13-14H2,1H3,(H,24,25)(H2,21,22,23);1H. The van der Waals surface area contributed by atoms with E-state index in [-0.39, 0.29) is 35.6 Å². The molecule has 2 aromatic heterocycles. The van der Waals surface area contributed by atoms with Crippen molar-refractivity contribution < 1.29 is 13.6 Å². The van der Waals surface area contributed by atoms with Gasteiger partial charge < -0.3 is 24.8 Å². The number of amides is 1. The van der Waals surface area contributed by atoms with Crippen LogP contribution in [0, 0.1) is 0 Å². The van der Waals surface area contributed by atoms with Crippen LogP contribution in [0.2, 0.25) is 0 Å². The van der Waals surface area contributed by atoms with Crippen LogP contribution in [0.4, 0.5) is 5.69 Å². The number of nitrogens with one attached hydrogen (secondary N) is 3. The summed E-state index contributed by atoms with van der Waals surface area (Å²) < 4.78 is 10.4. The van der Waals surface area contributed by atoms with Crippen LogP contribution in [0.1, 0.15) is 28.8 Å². The number of nitrogens with zero attached hydrogens (tertiary/aromatic N) is 1. The van der Waals surface area contributed by atoms with Crippen molar-refractivity contribution in [3.8, 4) is 0 Å². The molecule has 0 aliphatic carbocycles. The average Bonchev–Trinajstić information content (AvgIpc) is 3.38. The third kappa shape index (κ3) is 6.45. The fraction of sp³-hybridized carbons (Fsp3) is 0.200. The maximum Gasteiger partial charge on any atom is 0.291 e. The summed E-state index contributed by atoms with van der Waals surface area (Å²) in [6.45, 7) is 3.79. The van der Waals surface area contributed by atoms with Gasteiger partial charge >= 0.3 is 0 Å². The minimum absolute atomic E-state index is 0. The third-order valence-electron chi connectivity index (χ3n) is 3.70. The second-order valence-electron chi connectivity index (χ2n) is 5.76. The molecule has 0 atom stereocenters. The molecule has 0 aliphatic rings. The zero-order valence-electron chi connectivity index (χ0n) is 15.5. The summed E-state index contributed by atoms with van der Waals surface area (Å²) in [7, 11) is 0. The molecule has 0 saturated heterocycles. The number of carbonyl (C=O) groups excluding carboxylic acids is 1. The van der Waals surface area contributed by atoms with E-state index in [1.54, 1.807) is 18.4 Å². The molecule has 7 nitrogen and oxygen atoms in total. The molecule has 8 heteroatoms. The summed E-state index contributed by atoms with van der Waals surface area (Å²) in [4.78, 5) is 16.6. The molecule has 1 amide bonds. The van der Waals surface area contributed by atoms with Crippen LogP contribution < -0.4 is 16.0 Å². The summed E-state index contributed by atoms with van der Waals surface area (Å²) >= 11 is 0. The number of aliphatic imine (C=N–C) groups is 1. The second kappa shape index (κ2) is 11.2. The van der Waals surface area contributed by atoms with Crippen molar-refractivity contribution >= 4 is 41.5 Å². The molecule has 1 aromatic carbocycles. The number of furan rings is 2. The van der Waals surface area contributed by atoms with Gasteiger partial charge in [-0.3, -0.25) is 4.79 Å². The van der Waals surface area contributed by atoms with Gasteiger partial charge in [0.2, 0.25) is 0 Å². The first kappa shape index (κ1) is 21.5. The Labute approximate surface area is 180 Å². The first-order valence-corrected chi connectivity index (χ1v) is 8.73. The van der Waals surface area contributed by atoms with Crippen molar-refractivity contribution in [1.29, 1.82) is 0 Å². The maximum atomic E-state index is 12.1. The van der Waals surface area contributed by atoms with Gasteiger partial charge in [-0.15, -0.1) is 24.0 Å². The van der Waals surface area contributed by atoms with Crippen molar-refractivity contribution in [2.24, 2.45) is 4.99 Å². The smallest absolute Gasteiger partial charge is 0.291 e. The van der Waals surface area contributed by atoms with E-state index in [1.807, 2.05) is 43.3 Å². The highest BCUT2D eigenvalue weighted by atomic mass is 127. The number of guanidine groups is 1. The second-order valence-corrected chi connectivity index (χ2v) is 5.76. The number of halogens is 1. The monoisotopic (exact) mass is 494 g/mol. The molecule has 0 fully saturated rings. The van der Waals surface area contributed by atoms with Gasteiger partial charge in [-0.05, 0) is 48.9 Å². The Kier molecular flexibility index (Phi) is 8.60. The summed E-state index contributed by atoms with van der Waals surface area (Å²) in [6.07, 6.45) is 3.11. The molecular weight excluding hydrogens is 471 g/mol. The minimum atomic E-state index is -0.283. The van der Waals surface area contributed by atoms with E-state index in [0.717, 1.165) is 17.9 Å². The molecule has 28 heavy (non-hydrogen) atoms. The Morgan fingerprint density at radius 2 is 1.86 bits per heavy atom. The van der Waals surface area contributed by atoms with Crippen molar-refractivity contribution in [3.05, 3.63) is 78.1 Å². The predicted octanol–water partition coefficient (Wildman–Crippen LogP) is 4.00. The highest BCUT2D eigenvalue weighted by Gasteiger charge is 2.08. The quantitative estimate of drug-likeness (QED) is 0.263. The molecule has 3 rings (SSSR count). The fourth-order valence-electron chi connectivity index (χ4n) is 2.44. The maximum absolute atomic E-state index is 12.1. The first-order valence-electron chi connectivity index (χ1n) is 8.73. The molecule has 0 unspecified atom stereocenters. The van der Waals surface area contributed by atoms with E-state index in [9.17, 15) is 4.79 Å². The number of rotatable bonds is 7. The summed E-state index contributed by atoms with van der Waals surface area (Å²) in [5, 5.41) is 9.23. The lowest BCUT2D eigenvalue weighted by Gasteiger charge is -2.10. The average molecular weight is 494 g/mol. The third-order valence-corrected chi connectivity index (χ3v) is 3.70. The molecule has 0 bridgehead atoms. The van der Waals surface area contributed by atoms with Gasteiger partial charge in [-0.2, -0.15) is 0 Å². The van der Waals surface area contributed by atoms with Gasteiger partial charge in [0.1, 0.15) is 5.76 Å². The Bertz CT molecular complexity index is 877. The first-order chi connectivity index (χ1) is 13.2. The van der Waals surface area contributed by atoms with Crippen molar-refractivity contribution in [2.75, 3.05) is 11.9 Å². The van der Waals surface area contributed by atoms with Crippen molar-refractivity contribution in [3.63, 3.8) is 0 Å². The van der Waals surface area contributed by atoms with Crippen LogP contribution in [-0.2, 0) is 13.1 Å². The Hall–Kier alpha value is -2.75. The molecule has 0 aliphatic heterocycles. The number of anilines is 1. The van der Waals surface area contributed by atoms with Gasteiger partial charge in [0.25, 0.3) is 5.91 Å². The SMILES string of the molecule is CCNC(=NCc1cccc(NC(=O)c2ccco2)c1)NCc1ccco1.I. The van der Waals surface area contributed by atoms with Gasteiger partial charge in [0.15, 0.2) is 11.7 Å². The van der Waals surface area contributed by atoms with Crippen LogP contribution in [0.5, 0.6) is 0 Å². The minimum Gasteiger partial charge on any atom is -0.467 e. The Morgan fingerprint density at radius 1 is 1.04 bits per heavy atom. The Balaban J connectivity index is 0.00000280. The van der Waals surface area contributed by atoms with Crippen molar-refractivity contribution in [1.82, 2.24) is 10.6 Å². The molecule has 2 heterocycles. The number of hydrogen-bond acceptors (Lipinski definition) is 4. The van der Waals surface area contributed by atoms with Crippen LogP contribution in [-0.4, -0.2) is 18.4 Å². The molecule has 0 radical (unpaired) electrons. The molecule has 148 valence electrons. The van der Waals surface area contributed by atoms with Crippen LogP contribution in [0.25, 0.3) is 0 Å². The van der Waals surface area contributed by atoms with Gasteiger partial charge in [-0.25, -0.2) is 4.99 Å². The summed E-state index contributed by atoms with van der Waals surface area (Å²) in [5.74, 6) is 1.52. The van der Waals surface area contributed by atoms with Crippen LogP contribution in [0.3, 0.4) is 0 Å².